The van der Waals surface area contributed by atoms with E-state index in [0.717, 1.165) is 47.0 Å². The van der Waals surface area contributed by atoms with Crippen LogP contribution in [-0.2, 0) is 4.79 Å². The van der Waals surface area contributed by atoms with Gasteiger partial charge in [-0.2, -0.15) is 0 Å². The number of nitrogens with two attached hydrogens (primary N) is 1. The van der Waals surface area contributed by atoms with E-state index in [0.29, 0.717) is 6.42 Å². The van der Waals surface area contributed by atoms with Crippen LogP contribution in [0.3, 0.4) is 0 Å². The molecule has 0 heterocycles. The normalized spacial score (nSPS) is 17.5. The molecule has 3 N–H and O–H groups in total. The molecule has 0 saturated heterocycles. The summed E-state index contributed by atoms with van der Waals surface area (Å²) in [5.74, 6) is 0.0259. The zero-order valence-corrected chi connectivity index (χ0v) is 13.1. The Kier molecular flexibility index (Phi) is 4.31. The SMILES string of the molecule is Cc1cc(Br)cc(C)c1NC(=O)CC1(N)CCCC1. The van der Waals surface area contributed by atoms with Gasteiger partial charge in [0, 0.05) is 22.1 Å². The molecule has 1 aromatic rings. The molecule has 1 fully saturated rings. The van der Waals surface area contributed by atoms with Gasteiger partial charge in [-0.05, 0) is 49.9 Å². The van der Waals surface area contributed by atoms with E-state index in [1.165, 1.54) is 0 Å². The topological polar surface area (TPSA) is 55.1 Å². The summed E-state index contributed by atoms with van der Waals surface area (Å²) in [6, 6.07) is 4.02. The van der Waals surface area contributed by atoms with Crippen LogP contribution in [0, 0.1) is 13.8 Å². The predicted molar refractivity (Wildman–Crippen MR) is 82.2 cm³/mol. The summed E-state index contributed by atoms with van der Waals surface area (Å²) < 4.78 is 1.03. The Balaban J connectivity index is 2.07. The highest BCUT2D eigenvalue weighted by atomic mass is 79.9. The van der Waals surface area contributed by atoms with Crippen LogP contribution in [0.1, 0.15) is 43.2 Å². The van der Waals surface area contributed by atoms with Gasteiger partial charge in [0.05, 0.1) is 0 Å². The van der Waals surface area contributed by atoms with E-state index in [4.69, 9.17) is 5.73 Å². The van der Waals surface area contributed by atoms with Crippen molar-refractivity contribution in [1.82, 2.24) is 0 Å². The maximum absolute atomic E-state index is 12.2. The van der Waals surface area contributed by atoms with E-state index in [2.05, 4.69) is 21.2 Å². The van der Waals surface area contributed by atoms with Crippen molar-refractivity contribution in [2.75, 3.05) is 5.32 Å². The van der Waals surface area contributed by atoms with Gasteiger partial charge < -0.3 is 11.1 Å². The molecule has 0 bridgehead atoms. The van der Waals surface area contributed by atoms with Crippen molar-refractivity contribution in [3.8, 4) is 0 Å². The highest BCUT2D eigenvalue weighted by Gasteiger charge is 2.31. The van der Waals surface area contributed by atoms with Crippen molar-refractivity contribution < 1.29 is 4.79 Å². The molecule has 0 unspecified atom stereocenters. The summed E-state index contributed by atoms with van der Waals surface area (Å²) in [6.45, 7) is 4.00. The lowest BCUT2D eigenvalue weighted by Crippen LogP contribution is -2.40. The molecule has 19 heavy (non-hydrogen) atoms. The Morgan fingerprint density at radius 1 is 1.32 bits per heavy atom. The number of nitrogens with one attached hydrogen (secondary N) is 1. The highest BCUT2D eigenvalue weighted by Crippen LogP contribution is 2.31. The molecule has 0 aromatic heterocycles. The van der Waals surface area contributed by atoms with Gasteiger partial charge in [0.1, 0.15) is 0 Å². The molecule has 0 atom stereocenters. The fourth-order valence-electron chi connectivity index (χ4n) is 2.87. The number of hydrogen-bond acceptors (Lipinski definition) is 2. The highest BCUT2D eigenvalue weighted by molar-refractivity contribution is 9.10. The first-order valence-electron chi connectivity index (χ1n) is 6.75. The van der Waals surface area contributed by atoms with E-state index < -0.39 is 0 Å². The van der Waals surface area contributed by atoms with Gasteiger partial charge in [-0.1, -0.05) is 28.8 Å². The molecule has 1 aliphatic rings. The van der Waals surface area contributed by atoms with Crippen LogP contribution >= 0.6 is 15.9 Å². The van der Waals surface area contributed by atoms with Crippen LogP contribution in [0.25, 0.3) is 0 Å². The smallest absolute Gasteiger partial charge is 0.226 e. The van der Waals surface area contributed by atoms with Gasteiger partial charge in [-0.25, -0.2) is 0 Å². The molecule has 1 aromatic carbocycles. The third-order valence-corrected chi connectivity index (χ3v) is 4.33. The minimum Gasteiger partial charge on any atom is -0.326 e. The van der Waals surface area contributed by atoms with E-state index >= 15 is 0 Å². The third-order valence-electron chi connectivity index (χ3n) is 3.87. The Bertz CT molecular complexity index is 470. The molecule has 3 nitrogen and oxygen atoms in total. The van der Waals surface area contributed by atoms with Crippen molar-refractivity contribution >= 4 is 27.5 Å². The summed E-state index contributed by atoms with van der Waals surface area (Å²) in [6.07, 6.45) is 4.61. The summed E-state index contributed by atoms with van der Waals surface area (Å²) in [5, 5.41) is 3.02. The minimum atomic E-state index is -0.290. The zero-order chi connectivity index (χ0) is 14.0. The third kappa shape index (κ3) is 3.57. The largest absolute Gasteiger partial charge is 0.326 e. The predicted octanol–water partition coefficient (Wildman–Crippen LogP) is 3.67. The summed E-state index contributed by atoms with van der Waals surface area (Å²) in [7, 11) is 0. The van der Waals surface area contributed by atoms with Crippen molar-refractivity contribution in [2.24, 2.45) is 5.73 Å². The minimum absolute atomic E-state index is 0.0259. The van der Waals surface area contributed by atoms with E-state index in [1.54, 1.807) is 0 Å². The fourth-order valence-corrected chi connectivity index (χ4v) is 3.55. The van der Waals surface area contributed by atoms with Crippen molar-refractivity contribution in [3.63, 3.8) is 0 Å². The molecule has 104 valence electrons. The molecule has 1 saturated carbocycles. The lowest BCUT2D eigenvalue weighted by Gasteiger charge is -2.23. The summed E-state index contributed by atoms with van der Waals surface area (Å²) >= 11 is 3.46. The lowest BCUT2D eigenvalue weighted by atomic mass is 9.94. The molecule has 0 spiro atoms. The van der Waals surface area contributed by atoms with E-state index in [1.807, 2.05) is 26.0 Å². The molecule has 2 rings (SSSR count). The van der Waals surface area contributed by atoms with Crippen molar-refractivity contribution in [3.05, 3.63) is 27.7 Å². The Hall–Kier alpha value is -0.870. The quantitative estimate of drug-likeness (QED) is 0.891. The van der Waals surface area contributed by atoms with Crippen LogP contribution in [-0.4, -0.2) is 11.4 Å². The second-order valence-electron chi connectivity index (χ2n) is 5.71. The number of benzene rings is 1. The number of hydrogen-bond donors (Lipinski definition) is 2. The molecular weight excluding hydrogens is 304 g/mol. The Morgan fingerprint density at radius 3 is 2.37 bits per heavy atom. The molecule has 0 aliphatic heterocycles. The molecule has 1 aliphatic carbocycles. The first-order chi connectivity index (χ1) is 8.89. The Labute approximate surface area is 123 Å². The molecule has 4 heteroatoms. The van der Waals surface area contributed by atoms with Gasteiger partial charge in [-0.3, -0.25) is 4.79 Å². The van der Waals surface area contributed by atoms with Gasteiger partial charge >= 0.3 is 0 Å². The molecule has 0 radical (unpaired) electrons. The maximum Gasteiger partial charge on any atom is 0.226 e. The second kappa shape index (κ2) is 5.63. The van der Waals surface area contributed by atoms with Gasteiger partial charge in [-0.15, -0.1) is 0 Å². The lowest BCUT2D eigenvalue weighted by molar-refractivity contribution is -0.117. The second-order valence-corrected chi connectivity index (χ2v) is 6.62. The van der Waals surface area contributed by atoms with Crippen LogP contribution in [0.2, 0.25) is 0 Å². The average molecular weight is 325 g/mol. The number of amides is 1. The van der Waals surface area contributed by atoms with Crippen LogP contribution < -0.4 is 11.1 Å². The summed E-state index contributed by atoms with van der Waals surface area (Å²) in [5.41, 5.74) is 9.00. The van der Waals surface area contributed by atoms with Crippen LogP contribution in [0.15, 0.2) is 16.6 Å². The van der Waals surface area contributed by atoms with Crippen molar-refractivity contribution in [1.29, 1.82) is 0 Å². The number of anilines is 1. The number of carbonyl (C=O) groups is 1. The van der Waals surface area contributed by atoms with Gasteiger partial charge in [0.15, 0.2) is 0 Å². The standard InChI is InChI=1S/C15H21BrN2O/c1-10-7-12(16)8-11(2)14(10)18-13(19)9-15(17)5-3-4-6-15/h7-8H,3-6,9,17H2,1-2H3,(H,18,19). The molecule has 1 amide bonds. The van der Waals surface area contributed by atoms with Gasteiger partial charge in [0.2, 0.25) is 5.91 Å². The fraction of sp³-hybridized carbons (Fsp3) is 0.533. The van der Waals surface area contributed by atoms with E-state index in [9.17, 15) is 4.79 Å². The number of rotatable bonds is 3. The zero-order valence-electron chi connectivity index (χ0n) is 11.6. The number of halogens is 1. The van der Waals surface area contributed by atoms with Crippen molar-refractivity contribution in [2.45, 2.75) is 51.5 Å². The first kappa shape index (κ1) is 14.5. The Morgan fingerprint density at radius 2 is 1.84 bits per heavy atom. The van der Waals surface area contributed by atoms with Gasteiger partial charge in [0.25, 0.3) is 0 Å². The number of carbonyl (C=O) groups excluding carboxylic acids is 1. The van der Waals surface area contributed by atoms with E-state index in [-0.39, 0.29) is 11.4 Å². The monoisotopic (exact) mass is 324 g/mol. The van der Waals surface area contributed by atoms with Crippen LogP contribution in [0.4, 0.5) is 5.69 Å². The summed E-state index contributed by atoms with van der Waals surface area (Å²) in [4.78, 5) is 12.2. The average Bonchev–Trinajstić information content (AvgIpc) is 2.70. The molecular formula is C15H21BrN2O. The first-order valence-corrected chi connectivity index (χ1v) is 7.54. The maximum atomic E-state index is 12.2. The van der Waals surface area contributed by atoms with Crippen LogP contribution in [0.5, 0.6) is 0 Å². The number of aryl methyl sites for hydroxylation is 2.